The summed E-state index contributed by atoms with van der Waals surface area (Å²) in [7, 11) is 0. The molecule has 16 heavy (non-hydrogen) atoms. The third-order valence-electron chi connectivity index (χ3n) is 3.84. The number of guanidine groups is 1. The number of hydrogen-bond acceptors (Lipinski definition) is 2. The van der Waals surface area contributed by atoms with Crippen LogP contribution in [0.25, 0.3) is 0 Å². The van der Waals surface area contributed by atoms with Crippen LogP contribution < -0.4 is 16.6 Å². The molecule has 2 aliphatic rings. The van der Waals surface area contributed by atoms with Gasteiger partial charge in [0.2, 0.25) is 5.96 Å². The van der Waals surface area contributed by atoms with Crippen molar-refractivity contribution in [2.75, 3.05) is 6.54 Å². The van der Waals surface area contributed by atoms with E-state index < -0.39 is 0 Å². The largest absolute Gasteiger partial charge is 0.353 e. The van der Waals surface area contributed by atoms with Crippen molar-refractivity contribution in [2.24, 2.45) is 22.7 Å². The molecule has 2 rings (SSSR count). The minimum atomic E-state index is 0.570. The number of hydrazine groups is 1. The standard InChI is InChI=1S/C12H24N4/c1-9-7-10(9)8-14-12(16-13)15-11-5-3-2-4-6-11/h9-11H,2-8,13H2,1H3,(H2,14,15,16). The second-order valence-electron chi connectivity index (χ2n) is 5.29. The van der Waals surface area contributed by atoms with Crippen molar-refractivity contribution in [3.05, 3.63) is 0 Å². The van der Waals surface area contributed by atoms with Gasteiger partial charge in [-0.05, 0) is 31.1 Å². The second-order valence-corrected chi connectivity index (χ2v) is 5.29. The average Bonchev–Trinajstić information content (AvgIpc) is 3.02. The zero-order valence-electron chi connectivity index (χ0n) is 10.2. The Balaban J connectivity index is 1.74. The summed E-state index contributed by atoms with van der Waals surface area (Å²) in [6, 6.07) is 0.570. The maximum absolute atomic E-state index is 5.49. The summed E-state index contributed by atoms with van der Waals surface area (Å²) in [4.78, 5) is 4.52. The van der Waals surface area contributed by atoms with Gasteiger partial charge in [0.1, 0.15) is 0 Å². The molecule has 2 atom stereocenters. The molecule has 0 aromatic carbocycles. The highest BCUT2D eigenvalue weighted by atomic mass is 15.3. The first kappa shape index (κ1) is 11.7. The third kappa shape index (κ3) is 3.37. The lowest BCUT2D eigenvalue weighted by Gasteiger charge is -2.24. The van der Waals surface area contributed by atoms with Gasteiger partial charge >= 0.3 is 0 Å². The van der Waals surface area contributed by atoms with Crippen molar-refractivity contribution in [3.63, 3.8) is 0 Å². The molecule has 2 aliphatic carbocycles. The molecule has 4 heteroatoms. The van der Waals surface area contributed by atoms with Gasteiger partial charge in [-0.25, -0.2) is 5.84 Å². The summed E-state index contributed by atoms with van der Waals surface area (Å²) in [5, 5.41) is 3.42. The van der Waals surface area contributed by atoms with Crippen molar-refractivity contribution in [3.8, 4) is 0 Å². The smallest absolute Gasteiger partial charge is 0.205 e. The summed E-state index contributed by atoms with van der Waals surface area (Å²) in [5.74, 6) is 7.92. The van der Waals surface area contributed by atoms with E-state index in [9.17, 15) is 0 Å². The monoisotopic (exact) mass is 224 g/mol. The predicted octanol–water partition coefficient (Wildman–Crippen LogP) is 1.38. The molecule has 4 nitrogen and oxygen atoms in total. The Hall–Kier alpha value is -0.770. The van der Waals surface area contributed by atoms with Gasteiger partial charge in [-0.1, -0.05) is 26.2 Å². The molecule has 0 heterocycles. The normalized spacial score (nSPS) is 31.2. The van der Waals surface area contributed by atoms with Crippen LogP contribution in [-0.2, 0) is 0 Å². The number of rotatable bonds is 3. The molecular weight excluding hydrogens is 200 g/mol. The van der Waals surface area contributed by atoms with E-state index in [1.54, 1.807) is 0 Å². The first-order chi connectivity index (χ1) is 7.79. The predicted molar refractivity (Wildman–Crippen MR) is 66.9 cm³/mol. The van der Waals surface area contributed by atoms with E-state index in [4.69, 9.17) is 5.84 Å². The molecular formula is C12H24N4. The van der Waals surface area contributed by atoms with Crippen molar-refractivity contribution >= 4 is 5.96 Å². The molecule has 2 saturated carbocycles. The van der Waals surface area contributed by atoms with Gasteiger partial charge in [-0.2, -0.15) is 0 Å². The van der Waals surface area contributed by atoms with E-state index in [-0.39, 0.29) is 0 Å². The molecule has 0 radical (unpaired) electrons. The maximum atomic E-state index is 5.49. The molecule has 0 saturated heterocycles. The van der Waals surface area contributed by atoms with E-state index >= 15 is 0 Å². The van der Waals surface area contributed by atoms with Gasteiger partial charge in [0.25, 0.3) is 0 Å². The van der Waals surface area contributed by atoms with Gasteiger partial charge in [-0.15, -0.1) is 0 Å². The van der Waals surface area contributed by atoms with Crippen LogP contribution in [0.2, 0.25) is 0 Å². The van der Waals surface area contributed by atoms with Gasteiger partial charge < -0.3 is 5.32 Å². The van der Waals surface area contributed by atoms with Crippen molar-refractivity contribution in [1.29, 1.82) is 0 Å². The lowest BCUT2D eigenvalue weighted by atomic mass is 9.96. The average molecular weight is 224 g/mol. The highest BCUT2D eigenvalue weighted by Gasteiger charge is 2.32. The summed E-state index contributed by atoms with van der Waals surface area (Å²) in [6.45, 7) is 3.20. The number of aliphatic imine (C=N–C) groups is 1. The topological polar surface area (TPSA) is 62.4 Å². The Morgan fingerprint density at radius 2 is 2.00 bits per heavy atom. The summed E-state index contributed by atoms with van der Waals surface area (Å²) >= 11 is 0. The molecule has 2 unspecified atom stereocenters. The fourth-order valence-corrected chi connectivity index (χ4v) is 2.44. The van der Waals surface area contributed by atoms with E-state index in [1.807, 2.05) is 0 Å². The molecule has 0 aromatic heterocycles. The van der Waals surface area contributed by atoms with Crippen molar-refractivity contribution < 1.29 is 0 Å². The lowest BCUT2D eigenvalue weighted by Crippen LogP contribution is -2.47. The fourth-order valence-electron chi connectivity index (χ4n) is 2.44. The van der Waals surface area contributed by atoms with E-state index in [2.05, 4.69) is 22.7 Å². The molecule has 0 aromatic rings. The highest BCUT2D eigenvalue weighted by molar-refractivity contribution is 5.79. The van der Waals surface area contributed by atoms with Crippen LogP contribution in [0.1, 0.15) is 45.4 Å². The van der Waals surface area contributed by atoms with Crippen LogP contribution in [-0.4, -0.2) is 18.5 Å². The number of nitrogens with two attached hydrogens (primary N) is 1. The molecule has 0 spiro atoms. The molecule has 0 bridgehead atoms. The van der Waals surface area contributed by atoms with Crippen LogP contribution in [0.15, 0.2) is 4.99 Å². The zero-order chi connectivity index (χ0) is 11.4. The minimum absolute atomic E-state index is 0.570. The molecule has 92 valence electrons. The van der Waals surface area contributed by atoms with Crippen LogP contribution in [0.5, 0.6) is 0 Å². The minimum Gasteiger partial charge on any atom is -0.353 e. The van der Waals surface area contributed by atoms with Crippen LogP contribution in [0.3, 0.4) is 0 Å². The summed E-state index contributed by atoms with van der Waals surface area (Å²) in [6.07, 6.45) is 7.86. The number of nitrogens with zero attached hydrogens (tertiary/aromatic N) is 1. The van der Waals surface area contributed by atoms with Gasteiger partial charge in [0.15, 0.2) is 0 Å². The quantitative estimate of drug-likeness (QED) is 0.294. The SMILES string of the molecule is CC1CC1CN=C(NN)NC1CCCCC1. The maximum Gasteiger partial charge on any atom is 0.205 e. The Morgan fingerprint density at radius 1 is 1.31 bits per heavy atom. The van der Waals surface area contributed by atoms with E-state index in [0.717, 1.165) is 24.3 Å². The van der Waals surface area contributed by atoms with Crippen molar-refractivity contribution in [2.45, 2.75) is 51.5 Å². The Morgan fingerprint density at radius 3 is 2.56 bits per heavy atom. The first-order valence-corrected chi connectivity index (χ1v) is 6.57. The Kier molecular flexibility index (Phi) is 4.04. The Labute approximate surface area is 98.0 Å². The third-order valence-corrected chi connectivity index (χ3v) is 3.84. The van der Waals surface area contributed by atoms with Crippen molar-refractivity contribution in [1.82, 2.24) is 10.7 Å². The summed E-state index contributed by atoms with van der Waals surface area (Å²) < 4.78 is 0. The first-order valence-electron chi connectivity index (χ1n) is 6.57. The molecule has 0 aliphatic heterocycles. The fraction of sp³-hybridized carbons (Fsp3) is 0.917. The van der Waals surface area contributed by atoms with E-state index in [1.165, 1.54) is 38.5 Å². The number of nitrogens with one attached hydrogen (secondary N) is 2. The molecule has 0 amide bonds. The van der Waals surface area contributed by atoms with Gasteiger partial charge in [0, 0.05) is 12.6 Å². The lowest BCUT2D eigenvalue weighted by molar-refractivity contribution is 0.410. The van der Waals surface area contributed by atoms with Gasteiger partial charge in [0.05, 0.1) is 0 Å². The van der Waals surface area contributed by atoms with Gasteiger partial charge in [-0.3, -0.25) is 10.4 Å². The summed E-state index contributed by atoms with van der Waals surface area (Å²) in [5.41, 5.74) is 2.69. The zero-order valence-corrected chi connectivity index (χ0v) is 10.2. The van der Waals surface area contributed by atoms with Crippen LogP contribution >= 0.6 is 0 Å². The number of hydrogen-bond donors (Lipinski definition) is 3. The molecule has 4 N–H and O–H groups in total. The van der Waals surface area contributed by atoms with Crippen LogP contribution in [0, 0.1) is 11.8 Å². The second kappa shape index (κ2) is 5.53. The van der Waals surface area contributed by atoms with E-state index in [0.29, 0.717) is 6.04 Å². The molecule has 2 fully saturated rings. The Bertz CT molecular complexity index is 245. The highest BCUT2D eigenvalue weighted by Crippen LogP contribution is 2.37. The van der Waals surface area contributed by atoms with Crippen LogP contribution in [0.4, 0.5) is 0 Å².